The largest absolute Gasteiger partial charge is 0.477 e. The number of carboxylic acids is 1. The SMILES string of the molecule is CC(C)c1nc(Cn2cc([N+](=O)[O-])cc2C(=O)O)no1. The van der Waals surface area contributed by atoms with Crippen LogP contribution in [0.2, 0.25) is 0 Å². The normalized spacial score (nSPS) is 10.9. The van der Waals surface area contributed by atoms with Crippen LogP contribution in [0, 0.1) is 10.1 Å². The maximum atomic E-state index is 11.1. The Balaban J connectivity index is 2.31. The molecule has 2 aromatic rings. The fourth-order valence-electron chi connectivity index (χ4n) is 1.62. The summed E-state index contributed by atoms with van der Waals surface area (Å²) in [6.45, 7) is 3.74. The molecule has 0 aliphatic rings. The predicted molar refractivity (Wildman–Crippen MR) is 65.5 cm³/mol. The molecule has 9 nitrogen and oxygen atoms in total. The topological polar surface area (TPSA) is 124 Å². The molecule has 20 heavy (non-hydrogen) atoms. The molecule has 0 saturated carbocycles. The van der Waals surface area contributed by atoms with Gasteiger partial charge in [0.1, 0.15) is 5.69 Å². The van der Waals surface area contributed by atoms with Gasteiger partial charge in [0.25, 0.3) is 5.69 Å². The van der Waals surface area contributed by atoms with Crippen LogP contribution < -0.4 is 0 Å². The number of nitro groups is 1. The van der Waals surface area contributed by atoms with Crippen LogP contribution >= 0.6 is 0 Å². The highest BCUT2D eigenvalue weighted by Crippen LogP contribution is 2.18. The molecule has 0 spiro atoms. The van der Waals surface area contributed by atoms with Gasteiger partial charge in [0, 0.05) is 12.0 Å². The van der Waals surface area contributed by atoms with Crippen LogP contribution in [0.3, 0.4) is 0 Å². The monoisotopic (exact) mass is 280 g/mol. The van der Waals surface area contributed by atoms with Crippen LogP contribution in [0.1, 0.15) is 42.0 Å². The van der Waals surface area contributed by atoms with E-state index >= 15 is 0 Å². The molecule has 0 aromatic carbocycles. The molecule has 0 unspecified atom stereocenters. The van der Waals surface area contributed by atoms with Crippen molar-refractivity contribution in [1.29, 1.82) is 0 Å². The van der Waals surface area contributed by atoms with Gasteiger partial charge in [-0.15, -0.1) is 0 Å². The van der Waals surface area contributed by atoms with Crippen molar-refractivity contribution in [3.05, 3.63) is 39.8 Å². The molecular formula is C11H12N4O5. The molecule has 0 aliphatic heterocycles. The summed E-state index contributed by atoms with van der Waals surface area (Å²) in [7, 11) is 0. The average molecular weight is 280 g/mol. The number of hydrogen-bond donors (Lipinski definition) is 1. The fourth-order valence-corrected chi connectivity index (χ4v) is 1.62. The molecule has 0 aliphatic carbocycles. The van der Waals surface area contributed by atoms with Crippen LogP contribution in [0.15, 0.2) is 16.8 Å². The van der Waals surface area contributed by atoms with E-state index in [0.717, 1.165) is 12.3 Å². The van der Waals surface area contributed by atoms with Gasteiger partial charge in [0.05, 0.1) is 17.7 Å². The quantitative estimate of drug-likeness (QED) is 0.652. The first-order chi connectivity index (χ1) is 9.38. The van der Waals surface area contributed by atoms with Crippen molar-refractivity contribution in [1.82, 2.24) is 14.7 Å². The third-order valence-electron chi connectivity index (χ3n) is 2.60. The Morgan fingerprint density at radius 3 is 2.80 bits per heavy atom. The number of hydrogen-bond acceptors (Lipinski definition) is 6. The molecule has 2 aromatic heterocycles. The molecule has 2 heterocycles. The fraction of sp³-hybridized carbons (Fsp3) is 0.364. The smallest absolute Gasteiger partial charge is 0.352 e. The van der Waals surface area contributed by atoms with Gasteiger partial charge in [0.2, 0.25) is 5.89 Å². The van der Waals surface area contributed by atoms with Crippen molar-refractivity contribution in [2.24, 2.45) is 0 Å². The Kier molecular flexibility index (Phi) is 3.51. The van der Waals surface area contributed by atoms with Gasteiger partial charge in [-0.25, -0.2) is 4.79 Å². The van der Waals surface area contributed by atoms with Gasteiger partial charge < -0.3 is 14.2 Å². The lowest BCUT2D eigenvalue weighted by Gasteiger charge is -2.00. The number of carboxylic acid groups (broad SMARTS) is 1. The van der Waals surface area contributed by atoms with E-state index in [4.69, 9.17) is 9.63 Å². The van der Waals surface area contributed by atoms with Crippen molar-refractivity contribution >= 4 is 11.7 Å². The minimum Gasteiger partial charge on any atom is -0.477 e. The third-order valence-corrected chi connectivity index (χ3v) is 2.60. The second kappa shape index (κ2) is 5.11. The number of rotatable bonds is 5. The lowest BCUT2D eigenvalue weighted by atomic mass is 10.2. The Labute approximate surface area is 113 Å². The molecule has 0 amide bonds. The van der Waals surface area contributed by atoms with Gasteiger partial charge in [-0.2, -0.15) is 4.98 Å². The Morgan fingerprint density at radius 1 is 1.60 bits per heavy atom. The number of aromatic carboxylic acids is 1. The first kappa shape index (κ1) is 13.7. The van der Waals surface area contributed by atoms with E-state index in [1.807, 2.05) is 13.8 Å². The van der Waals surface area contributed by atoms with Gasteiger partial charge in [-0.05, 0) is 0 Å². The van der Waals surface area contributed by atoms with E-state index in [2.05, 4.69) is 10.1 Å². The lowest BCUT2D eigenvalue weighted by molar-refractivity contribution is -0.384. The molecule has 1 N–H and O–H groups in total. The summed E-state index contributed by atoms with van der Waals surface area (Å²) in [6.07, 6.45) is 1.13. The molecular weight excluding hydrogens is 268 g/mol. The first-order valence-corrected chi connectivity index (χ1v) is 5.78. The minimum absolute atomic E-state index is 0.00824. The second-order valence-electron chi connectivity index (χ2n) is 4.48. The summed E-state index contributed by atoms with van der Waals surface area (Å²) in [5.74, 6) is -0.514. The highest BCUT2D eigenvalue weighted by Gasteiger charge is 2.20. The van der Waals surface area contributed by atoms with E-state index in [0.29, 0.717) is 5.89 Å². The molecule has 0 saturated heterocycles. The standard InChI is InChI=1S/C11H12N4O5/c1-6(2)10-12-9(13-20-10)5-14-4-7(15(18)19)3-8(14)11(16)17/h3-4,6H,5H2,1-2H3,(H,16,17). The molecule has 0 bridgehead atoms. The molecule has 0 fully saturated rings. The molecule has 2 rings (SSSR count). The lowest BCUT2D eigenvalue weighted by Crippen LogP contribution is -2.09. The van der Waals surface area contributed by atoms with Gasteiger partial charge in [0.15, 0.2) is 5.82 Å². The van der Waals surface area contributed by atoms with E-state index < -0.39 is 10.9 Å². The Morgan fingerprint density at radius 2 is 2.30 bits per heavy atom. The maximum absolute atomic E-state index is 11.1. The Hall–Kier alpha value is -2.71. The second-order valence-corrected chi connectivity index (χ2v) is 4.48. The summed E-state index contributed by atoms with van der Waals surface area (Å²) in [5.41, 5.74) is -0.498. The highest BCUT2D eigenvalue weighted by molar-refractivity contribution is 5.86. The van der Waals surface area contributed by atoms with Gasteiger partial charge >= 0.3 is 5.97 Å². The van der Waals surface area contributed by atoms with Crippen molar-refractivity contribution in [2.45, 2.75) is 26.3 Å². The zero-order valence-corrected chi connectivity index (χ0v) is 10.8. The van der Waals surface area contributed by atoms with Crippen LogP contribution in [-0.4, -0.2) is 30.7 Å². The minimum atomic E-state index is -1.26. The summed E-state index contributed by atoms with van der Waals surface area (Å²) in [5, 5.41) is 23.4. The van der Waals surface area contributed by atoms with E-state index in [1.165, 1.54) is 4.57 Å². The van der Waals surface area contributed by atoms with Gasteiger partial charge in [-0.3, -0.25) is 10.1 Å². The summed E-state index contributed by atoms with van der Waals surface area (Å²) in [6, 6.07) is 0.992. The molecule has 0 radical (unpaired) electrons. The zero-order valence-electron chi connectivity index (χ0n) is 10.8. The maximum Gasteiger partial charge on any atom is 0.352 e. The number of aromatic nitrogens is 3. The Bertz CT molecular complexity index is 658. The first-order valence-electron chi connectivity index (χ1n) is 5.78. The van der Waals surface area contributed by atoms with Crippen LogP contribution in [0.4, 0.5) is 5.69 Å². The van der Waals surface area contributed by atoms with E-state index in [1.54, 1.807) is 0 Å². The third kappa shape index (κ3) is 2.66. The summed E-state index contributed by atoms with van der Waals surface area (Å²) in [4.78, 5) is 25.2. The van der Waals surface area contributed by atoms with Gasteiger partial charge in [-0.1, -0.05) is 19.0 Å². The van der Waals surface area contributed by atoms with Crippen molar-refractivity contribution in [2.75, 3.05) is 0 Å². The van der Waals surface area contributed by atoms with Crippen LogP contribution in [-0.2, 0) is 6.54 Å². The summed E-state index contributed by atoms with van der Waals surface area (Å²) >= 11 is 0. The average Bonchev–Trinajstić information content (AvgIpc) is 2.96. The van der Waals surface area contributed by atoms with Crippen LogP contribution in [0.5, 0.6) is 0 Å². The van der Waals surface area contributed by atoms with Crippen LogP contribution in [0.25, 0.3) is 0 Å². The predicted octanol–water partition coefficient (Wildman–Crippen LogP) is 1.65. The van der Waals surface area contributed by atoms with Crippen molar-refractivity contribution < 1.29 is 19.3 Å². The van der Waals surface area contributed by atoms with Crippen molar-refractivity contribution in [3.63, 3.8) is 0 Å². The van der Waals surface area contributed by atoms with E-state index in [9.17, 15) is 14.9 Å². The van der Waals surface area contributed by atoms with Crippen molar-refractivity contribution in [3.8, 4) is 0 Å². The number of nitrogens with zero attached hydrogens (tertiary/aromatic N) is 4. The van der Waals surface area contributed by atoms with E-state index in [-0.39, 0.29) is 29.7 Å². The molecule has 9 heteroatoms. The number of carbonyl (C=O) groups is 1. The molecule has 106 valence electrons. The highest BCUT2D eigenvalue weighted by atomic mass is 16.6. The molecule has 0 atom stereocenters. The zero-order chi connectivity index (χ0) is 14.9. The summed E-state index contributed by atoms with van der Waals surface area (Å²) < 4.78 is 6.20.